The second kappa shape index (κ2) is 11.0. The van der Waals surface area contributed by atoms with Gasteiger partial charge in [0.2, 0.25) is 11.8 Å². The number of rotatable bonds is 9. The number of likely N-dealkylation sites (tertiary alicyclic amines) is 1. The first kappa shape index (κ1) is 22.2. The van der Waals surface area contributed by atoms with Crippen LogP contribution in [-0.4, -0.2) is 84.4 Å². The molecular weight excluding hydrogens is 340 g/mol. The number of hydrogen-bond acceptors (Lipinski definition) is 4. The van der Waals surface area contributed by atoms with Crippen LogP contribution in [0.1, 0.15) is 59.8 Å². The molecule has 6 nitrogen and oxygen atoms in total. The van der Waals surface area contributed by atoms with Crippen molar-refractivity contribution in [2.24, 2.45) is 5.92 Å². The van der Waals surface area contributed by atoms with Crippen LogP contribution in [0.5, 0.6) is 0 Å². The third-order valence-corrected chi connectivity index (χ3v) is 5.86. The molecular formula is C21H40N4O2. The zero-order valence-corrected chi connectivity index (χ0v) is 17.9. The van der Waals surface area contributed by atoms with Gasteiger partial charge in [-0.05, 0) is 25.7 Å². The Labute approximate surface area is 165 Å². The molecule has 0 spiro atoms. The topological polar surface area (TPSA) is 55.9 Å². The molecule has 0 bridgehead atoms. The minimum atomic E-state index is 0.136. The van der Waals surface area contributed by atoms with Crippen LogP contribution in [0.25, 0.3) is 0 Å². The first-order valence-electron chi connectivity index (χ1n) is 10.9. The fraction of sp³-hybridized carbons (Fsp3) is 0.905. The zero-order valence-electron chi connectivity index (χ0n) is 17.9. The Kier molecular flexibility index (Phi) is 9.03. The molecule has 2 atom stereocenters. The van der Waals surface area contributed by atoms with Gasteiger partial charge in [0.1, 0.15) is 0 Å². The fourth-order valence-corrected chi connectivity index (χ4v) is 4.14. The van der Waals surface area contributed by atoms with Crippen molar-refractivity contribution in [3.8, 4) is 0 Å². The van der Waals surface area contributed by atoms with Gasteiger partial charge in [0, 0.05) is 57.8 Å². The monoisotopic (exact) mass is 380 g/mol. The smallest absolute Gasteiger partial charge is 0.236 e. The predicted molar refractivity (Wildman–Crippen MR) is 110 cm³/mol. The molecule has 0 radical (unpaired) electrons. The lowest BCUT2D eigenvalue weighted by molar-refractivity contribution is -0.134. The maximum Gasteiger partial charge on any atom is 0.236 e. The maximum atomic E-state index is 12.7. The number of nitrogens with zero attached hydrogens (tertiary/aromatic N) is 3. The van der Waals surface area contributed by atoms with Crippen molar-refractivity contribution in [2.75, 3.05) is 45.8 Å². The third kappa shape index (κ3) is 7.41. The molecule has 0 aromatic heterocycles. The van der Waals surface area contributed by atoms with Crippen LogP contribution in [-0.2, 0) is 9.59 Å². The Bertz CT molecular complexity index is 475. The molecule has 0 saturated carbocycles. The van der Waals surface area contributed by atoms with Crippen molar-refractivity contribution in [1.82, 2.24) is 20.0 Å². The number of amides is 2. The quantitative estimate of drug-likeness (QED) is 0.664. The van der Waals surface area contributed by atoms with Crippen molar-refractivity contribution >= 4 is 11.8 Å². The Hall–Kier alpha value is -1.14. The van der Waals surface area contributed by atoms with E-state index in [2.05, 4.69) is 42.8 Å². The summed E-state index contributed by atoms with van der Waals surface area (Å²) in [6.45, 7) is 14.5. The van der Waals surface area contributed by atoms with Gasteiger partial charge in [-0.15, -0.1) is 0 Å². The summed E-state index contributed by atoms with van der Waals surface area (Å²) >= 11 is 0. The van der Waals surface area contributed by atoms with Gasteiger partial charge in [-0.3, -0.25) is 19.4 Å². The van der Waals surface area contributed by atoms with E-state index in [0.717, 1.165) is 45.7 Å². The molecule has 2 saturated heterocycles. The number of unbranched alkanes of at least 4 members (excludes halogenated alkanes) is 1. The SMILES string of the molecule is CCCCC(C)N1CCN(C(=O)CN2CCC(NC(=O)CC(C)C)C2)CC1. The van der Waals surface area contributed by atoms with Gasteiger partial charge in [-0.1, -0.05) is 33.6 Å². The van der Waals surface area contributed by atoms with Crippen LogP contribution in [0.3, 0.4) is 0 Å². The van der Waals surface area contributed by atoms with Gasteiger partial charge in [0.15, 0.2) is 0 Å². The van der Waals surface area contributed by atoms with Crippen LogP contribution in [0.2, 0.25) is 0 Å². The minimum absolute atomic E-state index is 0.136. The molecule has 156 valence electrons. The number of hydrogen-bond donors (Lipinski definition) is 1. The first-order valence-corrected chi connectivity index (χ1v) is 10.9. The number of nitrogens with one attached hydrogen (secondary N) is 1. The van der Waals surface area contributed by atoms with Crippen LogP contribution < -0.4 is 5.32 Å². The zero-order chi connectivity index (χ0) is 19.8. The predicted octanol–water partition coefficient (Wildman–Crippen LogP) is 1.95. The summed E-state index contributed by atoms with van der Waals surface area (Å²) in [6.07, 6.45) is 5.31. The van der Waals surface area contributed by atoms with E-state index in [1.54, 1.807) is 0 Å². The van der Waals surface area contributed by atoms with Crippen molar-refractivity contribution < 1.29 is 9.59 Å². The van der Waals surface area contributed by atoms with Crippen LogP contribution >= 0.6 is 0 Å². The normalized spacial score (nSPS) is 23.0. The summed E-state index contributed by atoms with van der Waals surface area (Å²) < 4.78 is 0. The molecule has 1 N–H and O–H groups in total. The second-order valence-corrected chi connectivity index (χ2v) is 8.79. The lowest BCUT2D eigenvalue weighted by Crippen LogP contribution is -2.53. The van der Waals surface area contributed by atoms with E-state index >= 15 is 0 Å². The van der Waals surface area contributed by atoms with Gasteiger partial charge in [0.05, 0.1) is 6.54 Å². The highest BCUT2D eigenvalue weighted by molar-refractivity contribution is 5.78. The average Bonchev–Trinajstić information content (AvgIpc) is 3.05. The summed E-state index contributed by atoms with van der Waals surface area (Å²) in [6, 6.07) is 0.816. The second-order valence-electron chi connectivity index (χ2n) is 8.79. The molecule has 2 amide bonds. The molecule has 2 fully saturated rings. The summed E-state index contributed by atoms with van der Waals surface area (Å²) in [5.74, 6) is 0.758. The van der Waals surface area contributed by atoms with E-state index in [1.807, 2.05) is 4.90 Å². The number of piperazine rings is 1. The average molecular weight is 381 g/mol. The fourth-order valence-electron chi connectivity index (χ4n) is 4.14. The Morgan fingerprint density at radius 3 is 2.41 bits per heavy atom. The van der Waals surface area contributed by atoms with Crippen molar-refractivity contribution in [1.29, 1.82) is 0 Å². The summed E-state index contributed by atoms with van der Waals surface area (Å²) in [5.41, 5.74) is 0. The molecule has 6 heteroatoms. The van der Waals surface area contributed by atoms with E-state index in [0.29, 0.717) is 24.9 Å². The number of carbonyl (C=O) groups excluding carboxylic acids is 2. The van der Waals surface area contributed by atoms with Crippen LogP contribution in [0.4, 0.5) is 0 Å². The molecule has 0 aromatic rings. The van der Waals surface area contributed by atoms with Gasteiger partial charge >= 0.3 is 0 Å². The molecule has 0 aliphatic carbocycles. The van der Waals surface area contributed by atoms with Crippen molar-refractivity contribution in [2.45, 2.75) is 71.9 Å². The van der Waals surface area contributed by atoms with E-state index < -0.39 is 0 Å². The largest absolute Gasteiger partial charge is 0.352 e. The maximum absolute atomic E-state index is 12.7. The minimum Gasteiger partial charge on any atom is -0.352 e. The van der Waals surface area contributed by atoms with Gasteiger partial charge < -0.3 is 10.2 Å². The summed E-state index contributed by atoms with van der Waals surface area (Å²) in [4.78, 5) is 31.3. The first-order chi connectivity index (χ1) is 12.9. The van der Waals surface area contributed by atoms with Gasteiger partial charge in [-0.2, -0.15) is 0 Å². The Balaban J connectivity index is 1.67. The Morgan fingerprint density at radius 2 is 1.78 bits per heavy atom. The number of carbonyl (C=O) groups is 2. The molecule has 2 heterocycles. The van der Waals surface area contributed by atoms with E-state index in [9.17, 15) is 9.59 Å². The lowest BCUT2D eigenvalue weighted by atomic mass is 10.1. The standard InChI is InChI=1S/C21H40N4O2/c1-5-6-7-18(4)24-10-12-25(13-11-24)21(27)16-23-9-8-19(15-23)22-20(26)14-17(2)3/h17-19H,5-16H2,1-4H3,(H,22,26). The van der Waals surface area contributed by atoms with Gasteiger partial charge in [0.25, 0.3) is 0 Å². The van der Waals surface area contributed by atoms with E-state index in [-0.39, 0.29) is 17.9 Å². The highest BCUT2D eigenvalue weighted by Crippen LogP contribution is 2.14. The third-order valence-electron chi connectivity index (χ3n) is 5.86. The Morgan fingerprint density at radius 1 is 1.07 bits per heavy atom. The van der Waals surface area contributed by atoms with Crippen molar-refractivity contribution in [3.05, 3.63) is 0 Å². The molecule has 2 rings (SSSR count). The molecule has 0 aromatic carbocycles. The summed E-state index contributed by atoms with van der Waals surface area (Å²) in [5, 5.41) is 3.12. The lowest BCUT2D eigenvalue weighted by Gasteiger charge is -2.38. The highest BCUT2D eigenvalue weighted by atomic mass is 16.2. The molecule has 27 heavy (non-hydrogen) atoms. The van der Waals surface area contributed by atoms with E-state index in [1.165, 1.54) is 19.3 Å². The van der Waals surface area contributed by atoms with Crippen LogP contribution in [0, 0.1) is 5.92 Å². The van der Waals surface area contributed by atoms with Gasteiger partial charge in [-0.25, -0.2) is 0 Å². The molecule has 2 aliphatic rings. The van der Waals surface area contributed by atoms with Crippen LogP contribution in [0.15, 0.2) is 0 Å². The molecule has 2 unspecified atom stereocenters. The highest BCUT2D eigenvalue weighted by Gasteiger charge is 2.28. The molecule has 2 aliphatic heterocycles. The van der Waals surface area contributed by atoms with Crippen molar-refractivity contribution in [3.63, 3.8) is 0 Å². The summed E-state index contributed by atoms with van der Waals surface area (Å²) in [7, 11) is 0. The van der Waals surface area contributed by atoms with E-state index in [4.69, 9.17) is 0 Å².